The first-order valence-electron chi connectivity index (χ1n) is 40.4. The molecule has 17 rings (SSSR count). The minimum atomic E-state index is -3.90. The van der Waals surface area contributed by atoms with Gasteiger partial charge in [0.05, 0.1) is 73.8 Å². The van der Waals surface area contributed by atoms with Gasteiger partial charge in [0.15, 0.2) is 10.6 Å². The van der Waals surface area contributed by atoms with Crippen LogP contribution in [-0.4, -0.2) is 84.0 Å². The van der Waals surface area contributed by atoms with Crippen LogP contribution in [0.15, 0.2) is 181 Å². The average Bonchev–Trinajstić information content (AvgIpc) is 1.63. The van der Waals surface area contributed by atoms with Gasteiger partial charge in [-0.3, -0.25) is 23.1 Å². The maximum atomic E-state index is 13.5. The van der Waals surface area contributed by atoms with Crippen LogP contribution in [0.3, 0.4) is 0 Å². The summed E-state index contributed by atoms with van der Waals surface area (Å²) in [5.41, 5.74) is 17.7. The van der Waals surface area contributed by atoms with E-state index >= 15 is 0 Å². The maximum absolute atomic E-state index is 13.5. The molecule has 0 unspecified atom stereocenters. The molecule has 6 aliphatic rings. The number of carbonyl (C=O) groups is 4. The Bertz CT molecular complexity index is 6330. The third kappa shape index (κ3) is 27.5. The van der Waals surface area contributed by atoms with Gasteiger partial charge in [0.25, 0.3) is 10.1 Å². The number of hydrogen-bond acceptors (Lipinski definition) is 19. The van der Waals surface area contributed by atoms with E-state index < -0.39 is 75.9 Å². The Morgan fingerprint density at radius 3 is 1.40 bits per heavy atom. The number of hydrogen-bond donors (Lipinski definition) is 4. The number of halogens is 6. The number of nitrogens with two attached hydrogens (primary N) is 1. The van der Waals surface area contributed by atoms with Crippen molar-refractivity contribution in [3.8, 4) is 41.3 Å². The summed E-state index contributed by atoms with van der Waals surface area (Å²) in [6, 6.07) is 42.5. The van der Waals surface area contributed by atoms with Crippen molar-refractivity contribution >= 4 is 82.1 Å². The number of nitriles is 4. The number of nitrogens with one attached hydrogen (secondary N) is 1. The summed E-state index contributed by atoms with van der Waals surface area (Å²) in [4.78, 5) is 56.1. The van der Waals surface area contributed by atoms with Crippen molar-refractivity contribution in [3.05, 3.63) is 298 Å². The van der Waals surface area contributed by atoms with Crippen LogP contribution in [0.25, 0.3) is 17.1 Å². The summed E-state index contributed by atoms with van der Waals surface area (Å²) >= 11 is 2.16. The first kappa shape index (κ1) is 96.2. The molecule has 5 N–H and O–H groups in total. The second-order valence-corrected chi connectivity index (χ2v) is 38.6. The normalized spacial score (nSPS) is 14.2. The van der Waals surface area contributed by atoms with Crippen molar-refractivity contribution in [2.75, 3.05) is 12.3 Å². The van der Waals surface area contributed by atoms with Crippen LogP contribution in [0.2, 0.25) is 0 Å². The molecular formula is C94H93F5IN11O12S3. The molecule has 6 fully saturated rings. The molecule has 0 amide bonds. The van der Waals surface area contributed by atoms with Gasteiger partial charge in [-0.1, -0.05) is 17.7 Å². The quantitative estimate of drug-likeness (QED) is 0.0171. The van der Waals surface area contributed by atoms with Crippen molar-refractivity contribution < 1.29 is 73.2 Å². The number of aromatic nitrogens is 6. The summed E-state index contributed by atoms with van der Waals surface area (Å²) in [6.07, 6.45) is 23.4. The SMILES string of the molecule is CC(=O)C1CC1.Cc1cc(F)c(C#N)cc1-n1cc(C2CC2)[nH]c1=S.Cc1cc(F)c(C#N)cc1-n1cnc(C2CC2)c1.Cc1cc(F)c(C#N)cc1CCC(=O)C1CC1.Cc1cc(F)c(C#N)cc1N.Cc1cc(F)c(C(=O)O)cc1-n1cnc(C2CC2)c1.Cc1ccc(S(=O)(=O)OCC(=O)C2CC2)cc1.Cc1ccc(S(=O)(=O)OI(O)c2ccccc2)cc1. The second-order valence-electron chi connectivity index (χ2n) is 31.4. The summed E-state index contributed by atoms with van der Waals surface area (Å²) < 4.78 is 140. The van der Waals surface area contributed by atoms with Gasteiger partial charge in [-0.05, 0) is 250 Å². The fourth-order valence-electron chi connectivity index (χ4n) is 12.5. The van der Waals surface area contributed by atoms with Crippen LogP contribution in [0.5, 0.6) is 0 Å². The van der Waals surface area contributed by atoms with Crippen LogP contribution >= 0.6 is 32.9 Å². The number of benzene rings is 8. The van der Waals surface area contributed by atoms with E-state index in [1.807, 2.05) is 73.6 Å². The van der Waals surface area contributed by atoms with Crippen LogP contribution in [0.4, 0.5) is 27.6 Å². The zero-order chi connectivity index (χ0) is 91.6. The Morgan fingerprint density at radius 2 is 0.944 bits per heavy atom. The molecule has 0 radical (unpaired) electrons. The number of nitrogens with zero attached hydrogens (tertiary/aromatic N) is 9. The van der Waals surface area contributed by atoms with E-state index in [-0.39, 0.29) is 61.8 Å². The van der Waals surface area contributed by atoms with E-state index in [0.29, 0.717) is 78.9 Å². The number of carbonyl (C=O) groups excluding carboxylic acids is 3. The number of Topliss-reactive ketones (excluding diaryl/α,β-unsaturated/α-hetero) is 3. The third-order valence-corrected chi connectivity index (χ3v) is 28.0. The Labute approximate surface area is 741 Å². The van der Waals surface area contributed by atoms with Crippen molar-refractivity contribution in [1.82, 2.24) is 28.7 Å². The Hall–Kier alpha value is -12.0. The number of aromatic carboxylic acids is 1. The summed E-state index contributed by atoms with van der Waals surface area (Å²) in [5.74, 6) is -0.960. The van der Waals surface area contributed by atoms with Gasteiger partial charge in [0.2, 0.25) is 0 Å². The Kier molecular flexibility index (Phi) is 33.0. The van der Waals surface area contributed by atoms with Gasteiger partial charge in [-0.25, -0.2) is 36.7 Å². The molecule has 11 aromatic rings. The van der Waals surface area contributed by atoms with Gasteiger partial charge in [0.1, 0.15) is 71.5 Å². The molecule has 0 bridgehead atoms. The molecule has 3 heterocycles. The fraction of sp³-hybridized carbons (Fsp3) is 0.309. The number of imidazole rings is 3. The first-order valence-corrected chi connectivity index (χ1v) is 46.5. The fourth-order valence-corrected chi connectivity index (χ4v) is 18.0. The monoisotopic (exact) mass is 1890 g/mol. The predicted molar refractivity (Wildman–Crippen MR) is 473 cm³/mol. The topological polar surface area (TPSA) is 373 Å². The molecule has 32 heteroatoms. The first-order chi connectivity index (χ1) is 59.9. The number of nitrogen functional groups attached to an aromatic ring is 1. The molecule has 0 aliphatic heterocycles. The summed E-state index contributed by atoms with van der Waals surface area (Å²) in [5, 5.41) is 43.9. The predicted octanol–water partition coefficient (Wildman–Crippen LogP) is 19.8. The van der Waals surface area contributed by atoms with Crippen LogP contribution in [-0.2, 0) is 47.7 Å². The van der Waals surface area contributed by atoms with Gasteiger partial charge < -0.3 is 25.0 Å². The van der Waals surface area contributed by atoms with Crippen LogP contribution in [0.1, 0.15) is 202 Å². The number of aryl methyl sites for hydroxylation is 8. The van der Waals surface area contributed by atoms with E-state index in [1.165, 1.54) is 92.4 Å². The standard InChI is InChI=1S/C14H12FN3S.C14H12FN3.C14H13FN2O2.C14H14FNO.C13H13IO4S.C12H14O4S.C8H7FN2.C5H8O/c1-8-4-11(15)10(6-16)5-13(8)18-7-12(9-2-3-9)17-14(18)19;1-9-4-12(15)11(6-16)5-14(9)18-7-13(17-8-18)10-2-3-10;1-8-4-11(15)10(14(18)19)5-13(8)17-6-12(16-7-17)9-2-3-9;1-9-6-13(15)12(8-16)7-11(9)4-5-14(17)10-2-3-10;1-11-7-9-13(10-8-11)19(16,17)18-14(15)12-5-3-2-4-6-12;1-9-2-6-11(7-3-9)17(14,15)16-8-12(13)10-4-5-10;1-5-2-7(9)6(4-10)3-8(5)11;1-4(6)5-2-3-5/h4-5,7,9H,2-3H2,1H3,(H,17,19);4-5,7-8,10H,2-3H2,1H3;4-7,9H,2-3H2,1H3,(H,18,19);6-7,10H,2-5H2,1H3;2-10,15H,1H3;2-3,6-7,10H,4-5,8H2,1H3;2-3H,11H2,1H3;5H,2-3H2,1H3. The minimum absolute atomic E-state index is 0.00639. The second kappa shape index (κ2) is 43.3. The Morgan fingerprint density at radius 1 is 0.524 bits per heavy atom. The third-order valence-electron chi connectivity index (χ3n) is 21.0. The molecule has 3 aromatic heterocycles. The van der Waals surface area contributed by atoms with Crippen LogP contribution < -0.4 is 5.73 Å². The van der Waals surface area contributed by atoms with E-state index in [2.05, 4.69) is 15.0 Å². The number of carboxylic acids is 1. The summed E-state index contributed by atoms with van der Waals surface area (Å²) in [7, 11) is -7.70. The number of aromatic amines is 1. The van der Waals surface area contributed by atoms with Crippen molar-refractivity contribution in [2.45, 2.75) is 173 Å². The van der Waals surface area contributed by atoms with Crippen LogP contribution in [0, 0.1) is 149 Å². The zero-order valence-corrected chi connectivity index (χ0v) is 74.9. The van der Waals surface area contributed by atoms with Gasteiger partial charge in [0, 0.05) is 71.9 Å². The number of ketones is 3. The molecule has 0 saturated heterocycles. The molecule has 23 nitrogen and oxygen atoms in total. The van der Waals surface area contributed by atoms with E-state index in [4.69, 9.17) is 50.8 Å². The number of anilines is 1. The van der Waals surface area contributed by atoms with Gasteiger partial charge >= 0.3 is 127 Å². The van der Waals surface area contributed by atoms with E-state index in [1.54, 1.807) is 124 Å². The van der Waals surface area contributed by atoms with Crippen molar-refractivity contribution in [2.24, 2.45) is 17.8 Å². The molecule has 0 spiro atoms. The number of H-pyrrole nitrogens is 1. The molecular weight excluding hydrogens is 1790 g/mol. The van der Waals surface area contributed by atoms with Gasteiger partial charge in [-0.2, -0.15) is 29.5 Å². The zero-order valence-electron chi connectivity index (χ0n) is 70.3. The number of carboxylic acid groups (broad SMARTS) is 1. The van der Waals surface area contributed by atoms with Gasteiger partial charge in [-0.15, -0.1) is 0 Å². The molecule has 6 saturated carbocycles. The average molecular weight is 1890 g/mol. The molecule has 0 atom stereocenters. The molecule has 656 valence electrons. The molecule has 8 aromatic carbocycles. The Balaban J connectivity index is 0.000000152. The van der Waals surface area contributed by atoms with E-state index in [0.717, 1.165) is 113 Å². The van der Waals surface area contributed by atoms with Crippen molar-refractivity contribution in [3.63, 3.8) is 0 Å². The van der Waals surface area contributed by atoms with E-state index in [9.17, 15) is 61.4 Å². The van der Waals surface area contributed by atoms with Crippen molar-refractivity contribution in [1.29, 1.82) is 21.0 Å². The molecule has 126 heavy (non-hydrogen) atoms. The molecule has 6 aliphatic carbocycles. The summed E-state index contributed by atoms with van der Waals surface area (Å²) in [6.45, 7) is 13.9. The number of rotatable bonds is 21.